The number of para-hydroxylation sites is 1. The van der Waals surface area contributed by atoms with Gasteiger partial charge in [-0.25, -0.2) is 0 Å². The van der Waals surface area contributed by atoms with E-state index < -0.39 is 39.0 Å². The molecule has 0 amide bonds. The summed E-state index contributed by atoms with van der Waals surface area (Å²) in [4.78, 5) is 32.9. The Hall–Kier alpha value is -2.51. The summed E-state index contributed by atoms with van der Waals surface area (Å²) in [6.45, 7) is 3.84. The molecular weight excluding hydrogens is 352 g/mol. The highest BCUT2D eigenvalue weighted by Crippen LogP contribution is 2.41. The van der Waals surface area contributed by atoms with Crippen molar-refractivity contribution in [2.24, 2.45) is 5.92 Å². The smallest absolute Gasteiger partial charge is 0.349 e. The molecule has 8 heteroatoms. The van der Waals surface area contributed by atoms with E-state index in [1.807, 2.05) is 0 Å². The van der Waals surface area contributed by atoms with Crippen LogP contribution in [0.4, 0.5) is 11.4 Å². The van der Waals surface area contributed by atoms with Crippen LogP contribution in [0.2, 0.25) is 0 Å². The van der Waals surface area contributed by atoms with Crippen LogP contribution in [-0.4, -0.2) is 20.9 Å². The lowest BCUT2D eigenvalue weighted by atomic mass is 9.79. The van der Waals surface area contributed by atoms with E-state index in [1.165, 1.54) is 12.1 Å². The van der Waals surface area contributed by atoms with Gasteiger partial charge in [-0.2, -0.15) is 0 Å². The monoisotopic (exact) mass is 380 g/mol. The van der Waals surface area contributed by atoms with Gasteiger partial charge in [0.25, 0.3) is 0 Å². The molecule has 0 radical (unpaired) electrons. The van der Waals surface area contributed by atoms with Crippen LogP contribution in [-0.2, 0) is 4.79 Å². The molecule has 1 N–H and O–H groups in total. The summed E-state index contributed by atoms with van der Waals surface area (Å²) in [6, 6.07) is 3.94. The van der Waals surface area contributed by atoms with E-state index in [9.17, 15) is 30.1 Å². The number of nitro benzene ring substituents is 2. The first-order valence-corrected chi connectivity index (χ1v) is 9.49. The molecule has 1 aromatic carbocycles. The highest BCUT2D eigenvalue weighted by atomic mass is 16.6. The fraction of sp³-hybridized carbons (Fsp3) is 0.632. The van der Waals surface area contributed by atoms with Crippen molar-refractivity contribution in [2.75, 3.05) is 0 Å². The maximum absolute atomic E-state index is 11.7. The number of nitro groups is 2. The minimum Gasteiger partial charge on any atom is -0.481 e. The lowest BCUT2D eigenvalue weighted by Gasteiger charge is -2.23. The molecule has 0 saturated carbocycles. The number of aliphatic carboxylic acids is 1. The topological polar surface area (TPSA) is 124 Å². The van der Waals surface area contributed by atoms with Crippen molar-refractivity contribution in [3.8, 4) is 0 Å². The second-order valence-electron chi connectivity index (χ2n) is 6.75. The average Bonchev–Trinajstić information content (AvgIpc) is 2.62. The van der Waals surface area contributed by atoms with Crippen molar-refractivity contribution >= 4 is 17.3 Å². The third-order valence-corrected chi connectivity index (χ3v) is 4.94. The van der Waals surface area contributed by atoms with Gasteiger partial charge in [-0.1, -0.05) is 64.5 Å². The van der Waals surface area contributed by atoms with E-state index >= 15 is 0 Å². The zero-order valence-corrected chi connectivity index (χ0v) is 15.9. The first kappa shape index (κ1) is 22.5. The average molecular weight is 380 g/mol. The van der Waals surface area contributed by atoms with E-state index in [2.05, 4.69) is 6.92 Å². The SMILES string of the molecule is CCCCCCCCC(c1cccc([N+](=O)[O-])c1[N+](=O)[O-])C(CC)C(=O)O. The standard InChI is InChI=1S/C19H28N2O6/c1-3-5-6-7-8-9-11-15(14(4-2)19(22)23)16-12-10-13-17(20(24)25)18(16)21(26)27/h10,12-15H,3-9,11H2,1-2H3,(H,22,23). The molecule has 2 atom stereocenters. The second-order valence-corrected chi connectivity index (χ2v) is 6.75. The maximum Gasteiger partial charge on any atom is 0.349 e. The van der Waals surface area contributed by atoms with Gasteiger partial charge in [-0.15, -0.1) is 0 Å². The van der Waals surface area contributed by atoms with Crippen LogP contribution in [0.3, 0.4) is 0 Å². The molecule has 2 unspecified atom stereocenters. The van der Waals surface area contributed by atoms with Crippen LogP contribution in [0.1, 0.15) is 76.7 Å². The fourth-order valence-electron chi connectivity index (χ4n) is 3.54. The summed E-state index contributed by atoms with van der Waals surface area (Å²) < 4.78 is 0. The van der Waals surface area contributed by atoms with Gasteiger partial charge < -0.3 is 5.11 Å². The molecule has 0 aromatic heterocycles. The minimum atomic E-state index is -1.03. The molecule has 1 rings (SSSR count). The molecule has 27 heavy (non-hydrogen) atoms. The molecule has 0 aliphatic carbocycles. The predicted molar refractivity (Wildman–Crippen MR) is 102 cm³/mol. The number of hydrogen-bond acceptors (Lipinski definition) is 5. The van der Waals surface area contributed by atoms with Crippen molar-refractivity contribution < 1.29 is 19.7 Å². The third-order valence-electron chi connectivity index (χ3n) is 4.94. The highest BCUT2D eigenvalue weighted by molar-refractivity contribution is 5.72. The van der Waals surface area contributed by atoms with Crippen LogP contribution in [0.25, 0.3) is 0 Å². The Morgan fingerprint density at radius 1 is 1.04 bits per heavy atom. The highest BCUT2D eigenvalue weighted by Gasteiger charge is 2.36. The number of carboxylic acid groups (broad SMARTS) is 1. The van der Waals surface area contributed by atoms with Gasteiger partial charge in [0, 0.05) is 17.5 Å². The summed E-state index contributed by atoms with van der Waals surface area (Å²) in [7, 11) is 0. The van der Waals surface area contributed by atoms with Crippen molar-refractivity contribution in [3.05, 3.63) is 44.0 Å². The Balaban J connectivity index is 3.19. The number of unbranched alkanes of at least 4 members (excludes halogenated alkanes) is 5. The fourth-order valence-corrected chi connectivity index (χ4v) is 3.54. The largest absolute Gasteiger partial charge is 0.481 e. The number of nitrogens with zero attached hydrogens (tertiary/aromatic N) is 2. The molecule has 8 nitrogen and oxygen atoms in total. The van der Waals surface area contributed by atoms with Gasteiger partial charge in [0.15, 0.2) is 0 Å². The van der Waals surface area contributed by atoms with Crippen LogP contribution in [0, 0.1) is 26.1 Å². The normalized spacial score (nSPS) is 13.1. The second kappa shape index (κ2) is 11.3. The Morgan fingerprint density at radius 3 is 2.19 bits per heavy atom. The summed E-state index contributed by atoms with van der Waals surface area (Å²) >= 11 is 0. The van der Waals surface area contributed by atoms with Gasteiger partial charge in [0.2, 0.25) is 0 Å². The summed E-state index contributed by atoms with van der Waals surface area (Å²) in [6.07, 6.45) is 6.81. The maximum atomic E-state index is 11.7. The summed E-state index contributed by atoms with van der Waals surface area (Å²) in [5.74, 6) is -2.48. The molecular formula is C19H28N2O6. The van der Waals surface area contributed by atoms with E-state index in [1.54, 1.807) is 6.92 Å². The zero-order chi connectivity index (χ0) is 20.4. The van der Waals surface area contributed by atoms with Gasteiger partial charge in [0.05, 0.1) is 15.8 Å². The quantitative estimate of drug-likeness (QED) is 0.276. The predicted octanol–water partition coefficient (Wildman–Crippen LogP) is 5.45. The molecule has 0 saturated heterocycles. The van der Waals surface area contributed by atoms with E-state index in [4.69, 9.17) is 0 Å². The number of carbonyl (C=O) groups is 1. The van der Waals surface area contributed by atoms with Gasteiger partial charge in [-0.05, 0) is 12.8 Å². The van der Waals surface area contributed by atoms with Crippen molar-refractivity contribution in [1.82, 2.24) is 0 Å². The molecule has 150 valence electrons. The molecule has 0 heterocycles. The van der Waals surface area contributed by atoms with Crippen molar-refractivity contribution in [3.63, 3.8) is 0 Å². The van der Waals surface area contributed by atoms with E-state index in [0.29, 0.717) is 12.8 Å². The zero-order valence-electron chi connectivity index (χ0n) is 15.9. The Morgan fingerprint density at radius 2 is 1.67 bits per heavy atom. The Bertz CT molecular complexity index is 662. The van der Waals surface area contributed by atoms with Gasteiger partial charge >= 0.3 is 17.3 Å². The first-order chi connectivity index (χ1) is 12.8. The van der Waals surface area contributed by atoms with E-state index in [0.717, 1.165) is 44.6 Å². The van der Waals surface area contributed by atoms with Crippen LogP contribution in [0.5, 0.6) is 0 Å². The number of rotatable bonds is 13. The third kappa shape index (κ3) is 6.30. The minimum absolute atomic E-state index is 0.150. The van der Waals surface area contributed by atoms with Crippen molar-refractivity contribution in [2.45, 2.75) is 71.1 Å². The number of benzene rings is 1. The van der Waals surface area contributed by atoms with Crippen LogP contribution < -0.4 is 0 Å². The summed E-state index contributed by atoms with van der Waals surface area (Å²) in [5, 5.41) is 32.3. The lowest BCUT2D eigenvalue weighted by Crippen LogP contribution is -2.22. The molecule has 0 bridgehead atoms. The number of hydrogen-bond donors (Lipinski definition) is 1. The Labute approximate surface area is 158 Å². The lowest BCUT2D eigenvalue weighted by molar-refractivity contribution is -0.423. The van der Waals surface area contributed by atoms with Gasteiger partial charge in [-0.3, -0.25) is 25.0 Å². The van der Waals surface area contributed by atoms with E-state index in [-0.39, 0.29) is 5.56 Å². The first-order valence-electron chi connectivity index (χ1n) is 9.49. The number of carboxylic acids is 1. The molecule has 0 spiro atoms. The van der Waals surface area contributed by atoms with Gasteiger partial charge in [0.1, 0.15) is 0 Å². The molecule has 0 aliphatic rings. The summed E-state index contributed by atoms with van der Waals surface area (Å²) in [5.41, 5.74) is -1.03. The molecule has 1 aromatic rings. The van der Waals surface area contributed by atoms with Crippen molar-refractivity contribution in [1.29, 1.82) is 0 Å². The van der Waals surface area contributed by atoms with Crippen LogP contribution in [0.15, 0.2) is 18.2 Å². The van der Waals surface area contributed by atoms with Crippen LogP contribution >= 0.6 is 0 Å². The molecule has 0 aliphatic heterocycles. The Kier molecular flexibility index (Phi) is 9.39. The molecule has 0 fully saturated rings.